The fourth-order valence-electron chi connectivity index (χ4n) is 1.95. The first-order valence-corrected chi connectivity index (χ1v) is 5.84. The maximum atomic E-state index is 7.31. The Labute approximate surface area is 106 Å². The molecule has 0 aliphatic carbocycles. The average Bonchev–Trinajstić information content (AvgIpc) is 2.31. The van der Waals surface area contributed by atoms with Gasteiger partial charge in [-0.05, 0) is 35.6 Å². The second-order valence-electron chi connectivity index (χ2n) is 4.14. The molecule has 88 valence electrons. The minimum atomic E-state index is 0.335. The molecule has 0 saturated heterocycles. The number of anilines is 1. The number of nitrogen functional groups attached to an aromatic ring is 1. The van der Waals surface area contributed by atoms with Crippen molar-refractivity contribution in [3.8, 4) is 0 Å². The molecule has 2 rings (SSSR count). The monoisotopic (exact) mass is 247 g/mol. The predicted molar refractivity (Wildman–Crippen MR) is 73.8 cm³/mol. The van der Waals surface area contributed by atoms with Gasteiger partial charge in [-0.1, -0.05) is 24.6 Å². The quantitative estimate of drug-likeness (QED) is 0.470. The summed E-state index contributed by atoms with van der Waals surface area (Å²) in [6.45, 7) is 2.11. The summed E-state index contributed by atoms with van der Waals surface area (Å²) in [5.41, 5.74) is 9.10. The van der Waals surface area contributed by atoms with Crippen LogP contribution < -0.4 is 5.73 Å². The molecule has 0 saturated carbocycles. The number of halogens is 1. The first kappa shape index (κ1) is 11.9. The highest BCUT2D eigenvalue weighted by atomic mass is 35.5. The first-order chi connectivity index (χ1) is 8.13. The molecule has 0 spiro atoms. The molecule has 0 aromatic heterocycles. The molecule has 3 N–H and O–H groups in total. The Bertz CT molecular complexity index is 517. The number of allylic oxidation sites excluding steroid dienone is 1. The first-order valence-electron chi connectivity index (χ1n) is 5.46. The lowest BCUT2D eigenvalue weighted by molar-refractivity contribution is 0.786. The number of nitrogens with one attached hydrogen (secondary N) is 1. The third kappa shape index (κ3) is 2.24. The highest BCUT2D eigenvalue weighted by molar-refractivity contribution is 6.33. The minimum Gasteiger partial charge on any atom is -0.398 e. The van der Waals surface area contributed by atoms with E-state index in [1.165, 1.54) is 6.21 Å². The van der Waals surface area contributed by atoms with E-state index in [-0.39, 0.29) is 0 Å². The topological polar surface area (TPSA) is 62.2 Å². The maximum Gasteiger partial charge on any atom is 0.132 e. The second kappa shape index (κ2) is 4.72. The van der Waals surface area contributed by atoms with Gasteiger partial charge in [-0.25, -0.2) is 4.99 Å². The van der Waals surface area contributed by atoms with Crippen LogP contribution in [0, 0.1) is 11.3 Å². The summed E-state index contributed by atoms with van der Waals surface area (Å²) >= 11 is 6.14. The molecule has 0 fully saturated rings. The molecule has 0 radical (unpaired) electrons. The van der Waals surface area contributed by atoms with Crippen molar-refractivity contribution in [2.24, 2.45) is 10.9 Å². The molecule has 1 atom stereocenters. The Morgan fingerprint density at radius 2 is 2.29 bits per heavy atom. The van der Waals surface area contributed by atoms with Crippen LogP contribution >= 0.6 is 11.6 Å². The van der Waals surface area contributed by atoms with Crippen LogP contribution in [0.15, 0.2) is 28.3 Å². The van der Waals surface area contributed by atoms with Gasteiger partial charge in [-0.3, -0.25) is 0 Å². The Balaban J connectivity index is 2.53. The molecule has 1 aliphatic rings. The molecule has 1 aromatic rings. The SMILES string of the molecule is CC1CC=NC(Cl)=C1c1ccc(N)c(C=N)c1. The lowest BCUT2D eigenvalue weighted by Gasteiger charge is -2.19. The van der Waals surface area contributed by atoms with Crippen molar-refractivity contribution in [1.82, 2.24) is 0 Å². The third-order valence-corrected chi connectivity index (χ3v) is 3.23. The number of rotatable bonds is 2. The normalized spacial score (nSPS) is 19.5. The number of benzene rings is 1. The number of hydrogen-bond acceptors (Lipinski definition) is 3. The van der Waals surface area contributed by atoms with Gasteiger partial charge in [0, 0.05) is 23.7 Å². The smallest absolute Gasteiger partial charge is 0.132 e. The van der Waals surface area contributed by atoms with E-state index in [2.05, 4.69) is 11.9 Å². The fourth-order valence-corrected chi connectivity index (χ4v) is 2.32. The van der Waals surface area contributed by atoms with Gasteiger partial charge in [0.1, 0.15) is 5.16 Å². The van der Waals surface area contributed by atoms with Gasteiger partial charge in [0.25, 0.3) is 0 Å². The molecule has 1 unspecified atom stereocenters. The van der Waals surface area contributed by atoms with Gasteiger partial charge in [0.15, 0.2) is 0 Å². The lowest BCUT2D eigenvalue weighted by atomic mass is 9.90. The van der Waals surface area contributed by atoms with Crippen molar-refractivity contribution in [2.45, 2.75) is 13.3 Å². The van der Waals surface area contributed by atoms with Gasteiger partial charge in [-0.2, -0.15) is 0 Å². The Hall–Kier alpha value is -1.61. The zero-order valence-corrected chi connectivity index (χ0v) is 10.3. The molecule has 3 nitrogen and oxygen atoms in total. The van der Waals surface area contributed by atoms with E-state index in [0.29, 0.717) is 22.3 Å². The largest absolute Gasteiger partial charge is 0.398 e. The molecule has 4 heteroatoms. The summed E-state index contributed by atoms with van der Waals surface area (Å²) in [5, 5.41) is 7.84. The van der Waals surface area contributed by atoms with Crippen molar-refractivity contribution in [3.05, 3.63) is 34.5 Å². The molecule has 0 amide bonds. The highest BCUT2D eigenvalue weighted by Gasteiger charge is 2.18. The summed E-state index contributed by atoms with van der Waals surface area (Å²) in [4.78, 5) is 4.15. The zero-order chi connectivity index (χ0) is 12.4. The van der Waals surface area contributed by atoms with E-state index >= 15 is 0 Å². The molecule has 1 heterocycles. The third-order valence-electron chi connectivity index (χ3n) is 2.93. The minimum absolute atomic E-state index is 0.335. The highest BCUT2D eigenvalue weighted by Crippen LogP contribution is 2.34. The summed E-state index contributed by atoms with van der Waals surface area (Å²) in [5.74, 6) is 0.335. The van der Waals surface area contributed by atoms with Crippen LogP contribution in [0.2, 0.25) is 0 Å². The molecule has 1 aromatic carbocycles. The summed E-state index contributed by atoms with van der Waals surface area (Å²) < 4.78 is 0. The number of nitrogens with two attached hydrogens (primary N) is 1. The van der Waals surface area contributed by atoms with Crippen LogP contribution in [-0.4, -0.2) is 12.4 Å². The Kier molecular flexibility index (Phi) is 3.29. The van der Waals surface area contributed by atoms with Crippen LogP contribution in [0.25, 0.3) is 5.57 Å². The van der Waals surface area contributed by atoms with Crippen molar-refractivity contribution in [3.63, 3.8) is 0 Å². The van der Waals surface area contributed by atoms with E-state index in [1.807, 2.05) is 18.3 Å². The number of aliphatic imine (C=N–C) groups is 1. The average molecular weight is 248 g/mol. The maximum absolute atomic E-state index is 7.31. The fraction of sp³-hybridized carbons (Fsp3) is 0.231. The number of hydrogen-bond donors (Lipinski definition) is 2. The summed E-state index contributed by atoms with van der Waals surface area (Å²) in [6, 6.07) is 5.62. The molecule has 17 heavy (non-hydrogen) atoms. The lowest BCUT2D eigenvalue weighted by Crippen LogP contribution is -2.06. The van der Waals surface area contributed by atoms with Gasteiger partial charge in [0.05, 0.1) is 0 Å². The van der Waals surface area contributed by atoms with Crippen LogP contribution in [0.3, 0.4) is 0 Å². The van der Waals surface area contributed by atoms with Gasteiger partial charge >= 0.3 is 0 Å². The van der Waals surface area contributed by atoms with Crippen molar-refractivity contribution < 1.29 is 0 Å². The zero-order valence-electron chi connectivity index (χ0n) is 9.57. The van der Waals surface area contributed by atoms with Gasteiger partial charge in [-0.15, -0.1) is 0 Å². The van der Waals surface area contributed by atoms with Gasteiger partial charge < -0.3 is 11.1 Å². The summed E-state index contributed by atoms with van der Waals surface area (Å²) in [6.07, 6.45) is 3.98. The van der Waals surface area contributed by atoms with Gasteiger partial charge in [0.2, 0.25) is 0 Å². The predicted octanol–water partition coefficient (Wildman–Crippen LogP) is 3.28. The van der Waals surface area contributed by atoms with Crippen molar-refractivity contribution in [2.75, 3.05) is 5.73 Å². The summed E-state index contributed by atoms with van der Waals surface area (Å²) in [7, 11) is 0. The van der Waals surface area contributed by atoms with Crippen LogP contribution in [-0.2, 0) is 0 Å². The van der Waals surface area contributed by atoms with Crippen molar-refractivity contribution >= 4 is 35.3 Å². The van der Waals surface area contributed by atoms with E-state index < -0.39 is 0 Å². The number of nitrogens with zero attached hydrogens (tertiary/aromatic N) is 1. The molecular formula is C13H14ClN3. The molecular weight excluding hydrogens is 234 g/mol. The molecule has 1 aliphatic heterocycles. The van der Waals surface area contributed by atoms with E-state index in [0.717, 1.165) is 17.6 Å². The Morgan fingerprint density at radius 3 is 2.94 bits per heavy atom. The van der Waals surface area contributed by atoms with Crippen molar-refractivity contribution in [1.29, 1.82) is 5.41 Å². The van der Waals surface area contributed by atoms with E-state index in [4.69, 9.17) is 22.7 Å². The van der Waals surface area contributed by atoms with Crippen LogP contribution in [0.1, 0.15) is 24.5 Å². The Morgan fingerprint density at radius 1 is 1.53 bits per heavy atom. The van der Waals surface area contributed by atoms with Crippen LogP contribution in [0.5, 0.6) is 0 Å². The van der Waals surface area contributed by atoms with E-state index in [9.17, 15) is 0 Å². The molecule has 0 bridgehead atoms. The van der Waals surface area contributed by atoms with E-state index in [1.54, 1.807) is 6.07 Å². The standard InChI is InChI=1S/C13H14ClN3/c1-8-4-5-17-13(14)12(8)9-2-3-11(16)10(6-9)7-15/h2-3,5-8,15H,4,16H2,1H3. The van der Waals surface area contributed by atoms with Crippen LogP contribution in [0.4, 0.5) is 5.69 Å². The second-order valence-corrected chi connectivity index (χ2v) is 4.50.